The van der Waals surface area contributed by atoms with Crippen LogP contribution in [-0.4, -0.2) is 27.6 Å². The van der Waals surface area contributed by atoms with Crippen LogP contribution in [0.25, 0.3) is 11.2 Å². The first-order valence-corrected chi connectivity index (χ1v) is 9.52. The largest absolute Gasteiger partial charge is 0.317 e. The maximum atomic E-state index is 14.1. The van der Waals surface area contributed by atoms with Gasteiger partial charge in [0, 0.05) is 23.5 Å². The standard InChI is InChI=1S/C19H19FN4O.C2H6/c20-16-4-2-1-3-14(16)12-24-18-17(22-9-10-23-18)11-15(19(24)25)13-5-7-21-8-6-13;1-2/h1-4,9-11,13,21H,5-8,12H2;1-2H3. The van der Waals surface area contributed by atoms with E-state index in [9.17, 15) is 9.18 Å². The van der Waals surface area contributed by atoms with Crippen molar-refractivity contribution in [3.63, 3.8) is 0 Å². The van der Waals surface area contributed by atoms with Gasteiger partial charge in [-0.25, -0.2) is 9.37 Å². The van der Waals surface area contributed by atoms with Crippen LogP contribution in [0.5, 0.6) is 0 Å². The van der Waals surface area contributed by atoms with E-state index in [1.54, 1.807) is 35.2 Å². The zero-order valence-corrected chi connectivity index (χ0v) is 15.8. The lowest BCUT2D eigenvalue weighted by atomic mass is 9.91. The number of hydrogen-bond donors (Lipinski definition) is 1. The SMILES string of the molecule is CC.O=c1c(C2CCNCC2)cc2nccnc2n1Cc1ccccc1F. The van der Waals surface area contributed by atoms with Gasteiger partial charge in [0.2, 0.25) is 0 Å². The molecule has 1 aliphatic heterocycles. The summed E-state index contributed by atoms with van der Waals surface area (Å²) in [7, 11) is 0. The highest BCUT2D eigenvalue weighted by molar-refractivity contribution is 5.70. The minimum Gasteiger partial charge on any atom is -0.317 e. The van der Waals surface area contributed by atoms with Gasteiger partial charge in [-0.3, -0.25) is 14.3 Å². The number of aromatic nitrogens is 3. The number of piperidine rings is 1. The molecule has 6 heteroatoms. The van der Waals surface area contributed by atoms with Crippen LogP contribution in [0.2, 0.25) is 0 Å². The average Bonchev–Trinajstić information content (AvgIpc) is 2.73. The summed E-state index contributed by atoms with van der Waals surface area (Å²) < 4.78 is 15.7. The molecule has 0 aliphatic carbocycles. The van der Waals surface area contributed by atoms with Crippen LogP contribution in [0.15, 0.2) is 47.5 Å². The minimum atomic E-state index is -0.321. The first-order chi connectivity index (χ1) is 13.2. The van der Waals surface area contributed by atoms with Crippen molar-refractivity contribution in [3.05, 3.63) is 70.0 Å². The second-order valence-electron chi connectivity index (χ2n) is 6.37. The number of halogens is 1. The van der Waals surface area contributed by atoms with Crippen LogP contribution in [0.4, 0.5) is 4.39 Å². The third kappa shape index (κ3) is 4.06. The van der Waals surface area contributed by atoms with E-state index in [2.05, 4.69) is 15.3 Å². The van der Waals surface area contributed by atoms with Crippen molar-refractivity contribution in [2.45, 2.75) is 39.2 Å². The Morgan fingerprint density at radius 2 is 1.85 bits per heavy atom. The fourth-order valence-electron chi connectivity index (χ4n) is 3.48. The smallest absolute Gasteiger partial charge is 0.256 e. The molecule has 3 aromatic rings. The Hall–Kier alpha value is -2.60. The number of rotatable bonds is 3. The fourth-order valence-corrected chi connectivity index (χ4v) is 3.48. The molecule has 0 spiro atoms. The number of fused-ring (bicyclic) bond motifs is 1. The summed E-state index contributed by atoms with van der Waals surface area (Å²) in [5, 5.41) is 3.32. The quantitative estimate of drug-likeness (QED) is 0.769. The van der Waals surface area contributed by atoms with E-state index >= 15 is 0 Å². The maximum Gasteiger partial charge on any atom is 0.256 e. The molecule has 2 aromatic heterocycles. The topological polar surface area (TPSA) is 59.8 Å². The molecule has 0 atom stereocenters. The third-order valence-corrected chi connectivity index (χ3v) is 4.81. The van der Waals surface area contributed by atoms with E-state index in [1.807, 2.05) is 19.9 Å². The lowest BCUT2D eigenvalue weighted by molar-refractivity contribution is 0.456. The summed E-state index contributed by atoms with van der Waals surface area (Å²) in [6.07, 6.45) is 5.01. The highest BCUT2D eigenvalue weighted by atomic mass is 19.1. The van der Waals surface area contributed by atoms with Crippen molar-refractivity contribution in [2.24, 2.45) is 0 Å². The summed E-state index contributed by atoms with van der Waals surface area (Å²) in [5.41, 5.74) is 2.30. The monoisotopic (exact) mass is 368 g/mol. The molecule has 4 rings (SSSR count). The molecule has 27 heavy (non-hydrogen) atoms. The van der Waals surface area contributed by atoms with Crippen LogP contribution < -0.4 is 10.9 Å². The molecule has 1 fully saturated rings. The van der Waals surface area contributed by atoms with E-state index in [0.717, 1.165) is 31.5 Å². The van der Waals surface area contributed by atoms with Gasteiger partial charge in [0.1, 0.15) is 11.3 Å². The van der Waals surface area contributed by atoms with Crippen molar-refractivity contribution in [1.29, 1.82) is 0 Å². The first-order valence-electron chi connectivity index (χ1n) is 9.52. The Balaban J connectivity index is 0.00000102. The zero-order chi connectivity index (χ0) is 19.2. The number of nitrogens with zero attached hydrogens (tertiary/aromatic N) is 3. The van der Waals surface area contributed by atoms with Crippen LogP contribution in [0, 0.1) is 5.82 Å². The lowest BCUT2D eigenvalue weighted by Crippen LogP contribution is -2.32. The van der Waals surface area contributed by atoms with E-state index in [-0.39, 0.29) is 23.8 Å². The molecule has 0 radical (unpaired) electrons. The number of pyridine rings is 1. The Labute approximate surface area is 158 Å². The van der Waals surface area contributed by atoms with Gasteiger partial charge in [-0.1, -0.05) is 32.0 Å². The lowest BCUT2D eigenvalue weighted by Gasteiger charge is -2.23. The third-order valence-electron chi connectivity index (χ3n) is 4.81. The highest BCUT2D eigenvalue weighted by Crippen LogP contribution is 2.24. The summed E-state index contributed by atoms with van der Waals surface area (Å²) in [5.74, 6) is -0.120. The van der Waals surface area contributed by atoms with Gasteiger partial charge >= 0.3 is 0 Å². The van der Waals surface area contributed by atoms with Gasteiger partial charge < -0.3 is 5.32 Å². The molecule has 0 amide bonds. The molecule has 0 bridgehead atoms. The summed E-state index contributed by atoms with van der Waals surface area (Å²) in [6, 6.07) is 8.38. The van der Waals surface area contributed by atoms with Crippen LogP contribution in [0.1, 0.15) is 43.7 Å². The highest BCUT2D eigenvalue weighted by Gasteiger charge is 2.21. The molecule has 0 unspecified atom stereocenters. The van der Waals surface area contributed by atoms with Gasteiger partial charge in [0.05, 0.1) is 6.54 Å². The predicted octanol–water partition coefficient (Wildman–Crippen LogP) is 3.47. The molecule has 1 saturated heterocycles. The number of benzene rings is 1. The van der Waals surface area contributed by atoms with Gasteiger partial charge in [0.25, 0.3) is 5.56 Å². The second kappa shape index (κ2) is 8.86. The molecule has 0 saturated carbocycles. The Morgan fingerprint density at radius 3 is 2.59 bits per heavy atom. The molecule has 1 aromatic carbocycles. The second-order valence-corrected chi connectivity index (χ2v) is 6.37. The van der Waals surface area contributed by atoms with Gasteiger partial charge in [0.15, 0.2) is 5.65 Å². The van der Waals surface area contributed by atoms with Gasteiger partial charge in [-0.2, -0.15) is 0 Å². The van der Waals surface area contributed by atoms with Crippen molar-refractivity contribution in [3.8, 4) is 0 Å². The van der Waals surface area contributed by atoms with Crippen molar-refractivity contribution < 1.29 is 4.39 Å². The van der Waals surface area contributed by atoms with E-state index in [1.165, 1.54) is 6.07 Å². The Kier molecular flexibility index (Phi) is 6.29. The maximum absolute atomic E-state index is 14.1. The van der Waals surface area contributed by atoms with E-state index in [4.69, 9.17) is 0 Å². The summed E-state index contributed by atoms with van der Waals surface area (Å²) in [6.45, 7) is 5.95. The first kappa shape index (κ1) is 19.2. The summed E-state index contributed by atoms with van der Waals surface area (Å²) in [4.78, 5) is 21.8. The molecular formula is C21H25FN4O. The number of nitrogens with one attached hydrogen (secondary N) is 1. The van der Waals surface area contributed by atoms with Crippen molar-refractivity contribution in [2.75, 3.05) is 13.1 Å². The Morgan fingerprint density at radius 1 is 1.15 bits per heavy atom. The van der Waals surface area contributed by atoms with E-state index in [0.29, 0.717) is 16.7 Å². The van der Waals surface area contributed by atoms with Crippen molar-refractivity contribution in [1.82, 2.24) is 19.9 Å². The number of hydrogen-bond acceptors (Lipinski definition) is 4. The minimum absolute atomic E-state index is 0.0943. The molecule has 1 aliphatic rings. The van der Waals surface area contributed by atoms with Gasteiger partial charge in [-0.05, 0) is 44.0 Å². The van der Waals surface area contributed by atoms with E-state index < -0.39 is 0 Å². The van der Waals surface area contributed by atoms with Crippen LogP contribution in [0.3, 0.4) is 0 Å². The normalized spacial score (nSPS) is 14.6. The molecular weight excluding hydrogens is 343 g/mol. The molecule has 5 nitrogen and oxygen atoms in total. The summed E-state index contributed by atoms with van der Waals surface area (Å²) >= 11 is 0. The fraction of sp³-hybridized carbons (Fsp3) is 0.381. The predicted molar refractivity (Wildman–Crippen MR) is 105 cm³/mol. The van der Waals surface area contributed by atoms with Gasteiger partial charge in [-0.15, -0.1) is 0 Å². The molecule has 1 N–H and O–H groups in total. The average molecular weight is 368 g/mol. The van der Waals surface area contributed by atoms with Crippen LogP contribution in [-0.2, 0) is 6.54 Å². The van der Waals surface area contributed by atoms with Crippen molar-refractivity contribution >= 4 is 11.2 Å². The zero-order valence-electron chi connectivity index (χ0n) is 15.8. The molecule has 3 heterocycles. The molecule has 142 valence electrons. The Bertz CT molecular complexity index is 964. The van der Waals surface area contributed by atoms with Crippen LogP contribution >= 0.6 is 0 Å².